The van der Waals surface area contributed by atoms with Crippen LogP contribution in [0, 0.1) is 0 Å². The van der Waals surface area contributed by atoms with E-state index in [2.05, 4.69) is 5.32 Å². The normalized spacial score (nSPS) is 12.1. The second-order valence-corrected chi connectivity index (χ2v) is 9.25. The number of carbonyl (C=O) groups excluding carboxylic acids is 1. The van der Waals surface area contributed by atoms with E-state index in [4.69, 9.17) is 14.2 Å². The third kappa shape index (κ3) is 5.67. The van der Waals surface area contributed by atoms with Gasteiger partial charge in [0.05, 0.1) is 32.7 Å². The van der Waals surface area contributed by atoms with Gasteiger partial charge in [0.2, 0.25) is 15.9 Å². The first-order chi connectivity index (χ1) is 15.8. The predicted octanol–water partition coefficient (Wildman–Crippen LogP) is 3.21. The number of hydrogen-bond acceptors (Lipinski definition) is 6. The summed E-state index contributed by atoms with van der Waals surface area (Å²) in [5.41, 5.74) is 0.296. The molecule has 0 aliphatic rings. The van der Waals surface area contributed by atoms with Crippen molar-refractivity contribution in [2.45, 2.75) is 13.0 Å². The Kier molecular flexibility index (Phi) is 7.65. The molecule has 0 fully saturated rings. The number of benzene rings is 3. The number of carbonyl (C=O) groups is 1. The molecule has 0 heterocycles. The third-order valence-electron chi connectivity index (χ3n) is 5.12. The number of amides is 1. The van der Waals surface area contributed by atoms with Crippen molar-refractivity contribution in [1.29, 1.82) is 0 Å². The summed E-state index contributed by atoms with van der Waals surface area (Å²) >= 11 is 0. The van der Waals surface area contributed by atoms with Crippen molar-refractivity contribution >= 4 is 32.4 Å². The molecule has 3 aromatic rings. The lowest BCUT2D eigenvalue weighted by molar-refractivity contribution is -0.121. The molecule has 176 valence electrons. The molecular formula is C24H28N2O6S. The molecule has 1 atom stereocenters. The second kappa shape index (κ2) is 10.4. The maximum atomic E-state index is 12.8. The second-order valence-electron chi connectivity index (χ2n) is 7.39. The lowest BCUT2D eigenvalue weighted by atomic mass is 10.1. The van der Waals surface area contributed by atoms with Gasteiger partial charge < -0.3 is 19.5 Å². The summed E-state index contributed by atoms with van der Waals surface area (Å²) < 4.78 is 42.4. The first kappa shape index (κ1) is 24.2. The van der Waals surface area contributed by atoms with E-state index in [9.17, 15) is 13.2 Å². The number of methoxy groups -OCH3 is 2. The molecular weight excluding hydrogens is 444 g/mol. The fourth-order valence-corrected chi connectivity index (χ4v) is 4.74. The van der Waals surface area contributed by atoms with Gasteiger partial charge in [-0.2, -0.15) is 0 Å². The standard InChI is InChI=1S/C24H28N2O6S/c1-17(26(33(4,28)29)19-12-13-22(30-2)23(16-19)31-3)24(27)25-14-15-32-21-11-7-9-18-8-5-6-10-20(18)21/h5-13,16-17H,14-15H2,1-4H3,(H,25,27). The molecule has 0 spiro atoms. The van der Waals surface area contributed by atoms with E-state index < -0.39 is 22.0 Å². The highest BCUT2D eigenvalue weighted by atomic mass is 32.2. The van der Waals surface area contributed by atoms with Crippen LogP contribution in [0.5, 0.6) is 17.2 Å². The van der Waals surface area contributed by atoms with Crippen molar-refractivity contribution in [3.05, 3.63) is 60.7 Å². The number of fused-ring (bicyclic) bond motifs is 1. The van der Waals surface area contributed by atoms with Crippen LogP contribution in [0.15, 0.2) is 60.7 Å². The van der Waals surface area contributed by atoms with Crippen LogP contribution in [-0.2, 0) is 14.8 Å². The molecule has 0 saturated carbocycles. The number of rotatable bonds is 10. The zero-order valence-electron chi connectivity index (χ0n) is 19.1. The van der Waals surface area contributed by atoms with Gasteiger partial charge in [0.25, 0.3) is 0 Å². The number of sulfonamides is 1. The van der Waals surface area contributed by atoms with Crippen molar-refractivity contribution in [3.8, 4) is 17.2 Å². The quantitative estimate of drug-likeness (QED) is 0.456. The summed E-state index contributed by atoms with van der Waals surface area (Å²) in [6.07, 6.45) is 1.05. The monoisotopic (exact) mass is 472 g/mol. The molecule has 1 N–H and O–H groups in total. The fraction of sp³-hybridized carbons (Fsp3) is 0.292. The van der Waals surface area contributed by atoms with Gasteiger partial charge >= 0.3 is 0 Å². The summed E-state index contributed by atoms with van der Waals surface area (Å²) in [6.45, 7) is 1.98. The molecule has 0 aliphatic carbocycles. The molecule has 0 aliphatic heterocycles. The summed E-state index contributed by atoms with van der Waals surface area (Å²) in [4.78, 5) is 12.8. The minimum absolute atomic E-state index is 0.218. The summed E-state index contributed by atoms with van der Waals surface area (Å²) in [5, 5.41) is 4.79. The van der Waals surface area contributed by atoms with Gasteiger partial charge in [-0.15, -0.1) is 0 Å². The largest absolute Gasteiger partial charge is 0.493 e. The molecule has 8 nitrogen and oxygen atoms in total. The molecule has 1 amide bonds. The van der Waals surface area contributed by atoms with Crippen LogP contribution < -0.4 is 23.8 Å². The zero-order valence-corrected chi connectivity index (χ0v) is 19.9. The van der Waals surface area contributed by atoms with E-state index in [1.54, 1.807) is 12.1 Å². The Hall–Kier alpha value is -3.46. The van der Waals surface area contributed by atoms with Crippen LogP contribution in [0.1, 0.15) is 6.92 Å². The highest BCUT2D eigenvalue weighted by Gasteiger charge is 2.29. The Morgan fingerprint density at radius 1 is 0.970 bits per heavy atom. The van der Waals surface area contributed by atoms with Gasteiger partial charge in [-0.25, -0.2) is 8.42 Å². The number of anilines is 1. The Bertz CT molecular complexity index is 1220. The maximum absolute atomic E-state index is 12.8. The highest BCUT2D eigenvalue weighted by Crippen LogP contribution is 2.33. The van der Waals surface area contributed by atoms with Gasteiger partial charge in [-0.1, -0.05) is 36.4 Å². The average molecular weight is 473 g/mol. The van der Waals surface area contributed by atoms with Crippen molar-refractivity contribution in [3.63, 3.8) is 0 Å². The molecule has 0 saturated heterocycles. The van der Waals surface area contributed by atoms with E-state index in [-0.39, 0.29) is 13.2 Å². The van der Waals surface area contributed by atoms with Crippen LogP contribution in [0.3, 0.4) is 0 Å². The van der Waals surface area contributed by atoms with Crippen LogP contribution in [-0.4, -0.2) is 54.0 Å². The SMILES string of the molecule is COc1ccc(N(C(C)C(=O)NCCOc2cccc3ccccc23)S(C)(=O)=O)cc1OC. The van der Waals surface area contributed by atoms with Gasteiger partial charge in [0, 0.05) is 11.5 Å². The summed E-state index contributed by atoms with van der Waals surface area (Å²) in [7, 11) is -0.815. The smallest absolute Gasteiger partial charge is 0.243 e. The zero-order chi connectivity index (χ0) is 24.0. The molecule has 33 heavy (non-hydrogen) atoms. The topological polar surface area (TPSA) is 94.2 Å². The Labute approximate surface area is 194 Å². The first-order valence-electron chi connectivity index (χ1n) is 10.4. The van der Waals surface area contributed by atoms with E-state index in [1.165, 1.54) is 27.2 Å². The highest BCUT2D eigenvalue weighted by molar-refractivity contribution is 7.92. The van der Waals surface area contributed by atoms with E-state index in [1.807, 2.05) is 42.5 Å². The molecule has 3 rings (SSSR count). The molecule has 0 aromatic heterocycles. The first-order valence-corrected chi connectivity index (χ1v) is 12.2. The third-order valence-corrected chi connectivity index (χ3v) is 6.36. The average Bonchev–Trinajstić information content (AvgIpc) is 2.80. The fourth-order valence-electron chi connectivity index (χ4n) is 3.58. The summed E-state index contributed by atoms with van der Waals surface area (Å²) in [5.74, 6) is 1.09. The predicted molar refractivity (Wildman–Crippen MR) is 129 cm³/mol. The van der Waals surface area contributed by atoms with Gasteiger partial charge in [-0.3, -0.25) is 9.10 Å². The Morgan fingerprint density at radius 2 is 1.67 bits per heavy atom. The Morgan fingerprint density at radius 3 is 2.36 bits per heavy atom. The molecule has 3 aromatic carbocycles. The molecule has 1 unspecified atom stereocenters. The van der Waals surface area contributed by atoms with Crippen LogP contribution in [0.4, 0.5) is 5.69 Å². The van der Waals surface area contributed by atoms with Crippen molar-refractivity contribution in [2.75, 3.05) is 37.9 Å². The minimum atomic E-state index is -3.76. The minimum Gasteiger partial charge on any atom is -0.493 e. The van der Waals surface area contributed by atoms with E-state index >= 15 is 0 Å². The van der Waals surface area contributed by atoms with E-state index in [0.717, 1.165) is 27.1 Å². The number of nitrogens with zero attached hydrogens (tertiary/aromatic N) is 1. The van der Waals surface area contributed by atoms with Crippen LogP contribution in [0.25, 0.3) is 10.8 Å². The van der Waals surface area contributed by atoms with Gasteiger partial charge in [0.1, 0.15) is 18.4 Å². The lowest BCUT2D eigenvalue weighted by Crippen LogP contribution is -2.48. The number of nitrogens with one attached hydrogen (secondary N) is 1. The van der Waals surface area contributed by atoms with Crippen molar-refractivity contribution in [2.24, 2.45) is 0 Å². The maximum Gasteiger partial charge on any atom is 0.243 e. The Balaban J connectivity index is 1.67. The van der Waals surface area contributed by atoms with Crippen LogP contribution in [0.2, 0.25) is 0 Å². The number of ether oxygens (including phenoxy) is 3. The lowest BCUT2D eigenvalue weighted by Gasteiger charge is -2.28. The van der Waals surface area contributed by atoms with Crippen LogP contribution >= 0.6 is 0 Å². The van der Waals surface area contributed by atoms with E-state index in [0.29, 0.717) is 17.2 Å². The van der Waals surface area contributed by atoms with Crippen molar-refractivity contribution in [1.82, 2.24) is 5.32 Å². The molecule has 0 radical (unpaired) electrons. The number of hydrogen-bond donors (Lipinski definition) is 1. The molecule has 9 heteroatoms. The van der Waals surface area contributed by atoms with Crippen molar-refractivity contribution < 1.29 is 27.4 Å². The molecule has 0 bridgehead atoms. The van der Waals surface area contributed by atoms with Gasteiger partial charge in [-0.05, 0) is 30.5 Å². The summed E-state index contributed by atoms with van der Waals surface area (Å²) in [6, 6.07) is 17.3. The van der Waals surface area contributed by atoms with Gasteiger partial charge in [0.15, 0.2) is 11.5 Å².